The molecule has 2 N–H and O–H groups in total. The summed E-state index contributed by atoms with van der Waals surface area (Å²) in [5.74, 6) is -0.158. The molecule has 6 nitrogen and oxygen atoms in total. The molecule has 0 radical (unpaired) electrons. The van der Waals surface area contributed by atoms with Gasteiger partial charge in [0.15, 0.2) is 5.69 Å². The third kappa shape index (κ3) is 3.48. The SMILES string of the molecule is CCN(CC(C)C(N)=S)C(=O)c1cn(C)nn1. The van der Waals surface area contributed by atoms with Gasteiger partial charge >= 0.3 is 0 Å². The van der Waals surface area contributed by atoms with Gasteiger partial charge in [0.25, 0.3) is 5.91 Å². The van der Waals surface area contributed by atoms with Crippen molar-refractivity contribution in [2.24, 2.45) is 18.7 Å². The average molecular weight is 255 g/mol. The summed E-state index contributed by atoms with van der Waals surface area (Å²) >= 11 is 4.90. The number of aromatic nitrogens is 3. The molecule has 1 atom stereocenters. The Balaban J connectivity index is 2.74. The molecule has 0 fully saturated rings. The topological polar surface area (TPSA) is 77.0 Å². The van der Waals surface area contributed by atoms with Gasteiger partial charge in [-0.3, -0.25) is 9.48 Å². The van der Waals surface area contributed by atoms with Crippen molar-refractivity contribution in [3.05, 3.63) is 11.9 Å². The van der Waals surface area contributed by atoms with Crippen LogP contribution in [0.2, 0.25) is 0 Å². The number of thiocarbonyl (C=S) groups is 1. The molecule has 1 aromatic rings. The number of hydrogen-bond donors (Lipinski definition) is 1. The fourth-order valence-electron chi connectivity index (χ4n) is 1.38. The molecule has 1 amide bonds. The number of amides is 1. The Morgan fingerprint density at radius 3 is 2.76 bits per heavy atom. The van der Waals surface area contributed by atoms with E-state index in [2.05, 4.69) is 10.3 Å². The van der Waals surface area contributed by atoms with E-state index in [9.17, 15) is 4.79 Å². The molecule has 1 unspecified atom stereocenters. The zero-order valence-electron chi connectivity index (χ0n) is 10.3. The van der Waals surface area contributed by atoms with Crippen LogP contribution in [0, 0.1) is 5.92 Å². The molecule has 94 valence electrons. The van der Waals surface area contributed by atoms with Gasteiger partial charge in [-0.15, -0.1) is 5.10 Å². The Morgan fingerprint density at radius 2 is 2.35 bits per heavy atom. The highest BCUT2D eigenvalue weighted by Gasteiger charge is 2.20. The average Bonchev–Trinajstić information content (AvgIpc) is 2.71. The van der Waals surface area contributed by atoms with Crippen molar-refractivity contribution in [3.8, 4) is 0 Å². The molecule has 0 spiro atoms. The van der Waals surface area contributed by atoms with Crippen molar-refractivity contribution in [3.63, 3.8) is 0 Å². The van der Waals surface area contributed by atoms with E-state index in [-0.39, 0.29) is 11.8 Å². The maximum absolute atomic E-state index is 12.1. The molecular weight excluding hydrogens is 238 g/mol. The quantitative estimate of drug-likeness (QED) is 0.761. The van der Waals surface area contributed by atoms with Crippen molar-refractivity contribution in [2.75, 3.05) is 13.1 Å². The van der Waals surface area contributed by atoms with Crippen LogP contribution in [0.1, 0.15) is 24.3 Å². The van der Waals surface area contributed by atoms with Crippen molar-refractivity contribution >= 4 is 23.1 Å². The Morgan fingerprint density at radius 1 is 1.71 bits per heavy atom. The van der Waals surface area contributed by atoms with Crippen LogP contribution >= 0.6 is 12.2 Å². The van der Waals surface area contributed by atoms with Crippen LogP contribution in [0.15, 0.2) is 6.20 Å². The number of hydrogen-bond acceptors (Lipinski definition) is 4. The lowest BCUT2D eigenvalue weighted by molar-refractivity contribution is 0.0749. The zero-order valence-corrected chi connectivity index (χ0v) is 11.1. The fraction of sp³-hybridized carbons (Fsp3) is 0.600. The highest BCUT2D eigenvalue weighted by molar-refractivity contribution is 7.80. The van der Waals surface area contributed by atoms with Crippen molar-refractivity contribution in [2.45, 2.75) is 13.8 Å². The summed E-state index contributed by atoms with van der Waals surface area (Å²) in [5, 5.41) is 7.53. The second-order valence-corrected chi connectivity index (χ2v) is 4.40. The van der Waals surface area contributed by atoms with Gasteiger partial charge in [0.05, 0.1) is 11.2 Å². The lowest BCUT2D eigenvalue weighted by Gasteiger charge is -2.23. The highest BCUT2D eigenvalue weighted by Crippen LogP contribution is 2.05. The number of carbonyl (C=O) groups is 1. The monoisotopic (exact) mass is 255 g/mol. The van der Waals surface area contributed by atoms with Crippen LogP contribution in [-0.4, -0.2) is 43.9 Å². The van der Waals surface area contributed by atoms with Gasteiger partial charge in [-0.2, -0.15) is 0 Å². The molecule has 0 aliphatic rings. The molecule has 0 aromatic carbocycles. The first kappa shape index (κ1) is 13.6. The molecule has 1 rings (SSSR count). The minimum Gasteiger partial charge on any atom is -0.393 e. The molecule has 0 saturated heterocycles. The smallest absolute Gasteiger partial charge is 0.276 e. The summed E-state index contributed by atoms with van der Waals surface area (Å²) in [6.45, 7) is 4.89. The van der Waals surface area contributed by atoms with Gasteiger partial charge in [-0.05, 0) is 6.92 Å². The number of nitrogens with two attached hydrogens (primary N) is 1. The predicted molar refractivity (Wildman–Crippen MR) is 68.5 cm³/mol. The Kier molecular flexibility index (Phi) is 4.56. The summed E-state index contributed by atoms with van der Waals surface area (Å²) in [6, 6.07) is 0. The van der Waals surface area contributed by atoms with Crippen LogP contribution in [0.3, 0.4) is 0 Å². The van der Waals surface area contributed by atoms with Crippen molar-refractivity contribution in [1.82, 2.24) is 19.9 Å². The lowest BCUT2D eigenvalue weighted by Crippen LogP contribution is -2.38. The first-order valence-electron chi connectivity index (χ1n) is 5.40. The summed E-state index contributed by atoms with van der Waals surface area (Å²) in [4.78, 5) is 14.1. The zero-order chi connectivity index (χ0) is 13.0. The fourth-order valence-corrected chi connectivity index (χ4v) is 1.46. The molecule has 0 aliphatic heterocycles. The molecule has 1 aromatic heterocycles. The van der Waals surface area contributed by atoms with Gasteiger partial charge < -0.3 is 10.6 Å². The Labute approximate surface area is 106 Å². The van der Waals surface area contributed by atoms with E-state index in [1.807, 2.05) is 13.8 Å². The molecule has 7 heteroatoms. The third-order valence-corrected chi connectivity index (χ3v) is 2.87. The van der Waals surface area contributed by atoms with Gasteiger partial charge in [0.2, 0.25) is 0 Å². The van der Waals surface area contributed by atoms with Gasteiger partial charge in [0.1, 0.15) is 0 Å². The maximum Gasteiger partial charge on any atom is 0.276 e. The maximum atomic E-state index is 12.1. The van der Waals surface area contributed by atoms with E-state index >= 15 is 0 Å². The number of rotatable bonds is 5. The molecule has 1 heterocycles. The van der Waals surface area contributed by atoms with Crippen molar-refractivity contribution in [1.29, 1.82) is 0 Å². The van der Waals surface area contributed by atoms with Crippen LogP contribution in [0.5, 0.6) is 0 Å². The van der Waals surface area contributed by atoms with E-state index < -0.39 is 0 Å². The van der Waals surface area contributed by atoms with Gasteiger partial charge in [-0.1, -0.05) is 24.4 Å². The third-order valence-electron chi connectivity index (χ3n) is 2.47. The lowest BCUT2D eigenvalue weighted by atomic mass is 10.1. The number of carbonyl (C=O) groups excluding carboxylic acids is 1. The Bertz CT molecular complexity index is 417. The molecule has 17 heavy (non-hydrogen) atoms. The van der Waals surface area contributed by atoms with Crippen LogP contribution in [0.4, 0.5) is 0 Å². The summed E-state index contributed by atoms with van der Waals surface area (Å²) in [7, 11) is 1.72. The minimum atomic E-state index is -0.149. The normalized spacial score (nSPS) is 12.2. The largest absolute Gasteiger partial charge is 0.393 e. The first-order valence-corrected chi connectivity index (χ1v) is 5.81. The standard InChI is InChI=1S/C10H17N5OS/c1-4-15(5-7(2)9(11)17)10(16)8-6-14(3)13-12-8/h6-7H,4-5H2,1-3H3,(H2,11,17). The Hall–Kier alpha value is -1.50. The van der Waals surface area contributed by atoms with Gasteiger partial charge in [-0.25, -0.2) is 0 Å². The van der Waals surface area contributed by atoms with Crippen LogP contribution in [0.25, 0.3) is 0 Å². The summed E-state index contributed by atoms with van der Waals surface area (Å²) in [6.07, 6.45) is 1.59. The highest BCUT2D eigenvalue weighted by atomic mass is 32.1. The van der Waals surface area contributed by atoms with Gasteiger partial charge in [0, 0.05) is 26.1 Å². The van der Waals surface area contributed by atoms with E-state index in [1.165, 1.54) is 4.68 Å². The minimum absolute atomic E-state index is 0.00873. The molecular formula is C10H17N5OS. The van der Waals surface area contributed by atoms with E-state index in [4.69, 9.17) is 18.0 Å². The predicted octanol–water partition coefficient (Wildman–Crippen LogP) is 0.199. The summed E-state index contributed by atoms with van der Waals surface area (Å²) in [5.41, 5.74) is 5.88. The second-order valence-electron chi connectivity index (χ2n) is 3.92. The first-order chi connectivity index (χ1) is 7.95. The van der Waals surface area contributed by atoms with Crippen LogP contribution < -0.4 is 5.73 Å². The number of aryl methyl sites for hydroxylation is 1. The van der Waals surface area contributed by atoms with E-state index in [0.717, 1.165) is 0 Å². The second kappa shape index (κ2) is 5.72. The molecule has 0 saturated carbocycles. The number of nitrogens with zero attached hydrogens (tertiary/aromatic N) is 4. The molecule has 0 bridgehead atoms. The molecule has 0 aliphatic carbocycles. The van der Waals surface area contributed by atoms with Crippen molar-refractivity contribution < 1.29 is 4.79 Å². The van der Waals surface area contributed by atoms with Crippen LogP contribution in [-0.2, 0) is 7.05 Å². The summed E-state index contributed by atoms with van der Waals surface area (Å²) < 4.78 is 1.50. The van der Waals surface area contributed by atoms with E-state index in [0.29, 0.717) is 23.8 Å². The van der Waals surface area contributed by atoms with E-state index in [1.54, 1.807) is 18.1 Å².